The second kappa shape index (κ2) is 9.84. The van der Waals surface area contributed by atoms with Crippen molar-refractivity contribution < 1.29 is 21.6 Å². The highest BCUT2D eigenvalue weighted by atomic mass is 35.5. The van der Waals surface area contributed by atoms with Crippen LogP contribution in [-0.2, 0) is 24.5 Å². The number of Topliss-reactive ketones (excluding diaryl/α,β-unsaturated/α-hetero) is 1. The molecule has 5 nitrogen and oxygen atoms in total. The predicted molar refractivity (Wildman–Crippen MR) is 129 cm³/mol. The Morgan fingerprint density at radius 3 is 1.22 bits per heavy atom. The third-order valence-corrected chi connectivity index (χ3v) is 11.5. The molecule has 176 valence electrons. The molecule has 0 saturated carbocycles. The van der Waals surface area contributed by atoms with E-state index in [1.165, 1.54) is 24.3 Å². The van der Waals surface area contributed by atoms with Gasteiger partial charge in [0, 0.05) is 0 Å². The summed E-state index contributed by atoms with van der Waals surface area (Å²) in [6, 6.07) is 11.8. The Balaban J connectivity index is 2.73. The number of rotatable bonds is 10. The van der Waals surface area contributed by atoms with E-state index in [-0.39, 0.29) is 35.5 Å². The fourth-order valence-electron chi connectivity index (χ4n) is 3.47. The third-order valence-electron chi connectivity index (χ3n) is 5.34. The van der Waals surface area contributed by atoms with Crippen molar-refractivity contribution in [3.63, 3.8) is 0 Å². The molecule has 2 rings (SSSR count). The normalized spacial score (nSPS) is 16.2. The third kappa shape index (κ3) is 4.63. The highest BCUT2D eigenvalue weighted by molar-refractivity contribution is 7.97. The van der Waals surface area contributed by atoms with Gasteiger partial charge in [0.1, 0.15) is 0 Å². The van der Waals surface area contributed by atoms with Gasteiger partial charge in [0.2, 0.25) is 33.9 Å². The van der Waals surface area contributed by atoms with Crippen molar-refractivity contribution in [3.8, 4) is 0 Å². The summed E-state index contributed by atoms with van der Waals surface area (Å²) in [7, 11) is -8.92. The average molecular weight is 520 g/mol. The number of carbonyl (C=O) groups excluding carboxylic acids is 1. The Hall–Kier alpha value is -1.41. The molecule has 2 atom stereocenters. The largest absolute Gasteiger partial charge is 0.293 e. The summed E-state index contributed by atoms with van der Waals surface area (Å²) in [5.74, 6) is -1.24. The van der Waals surface area contributed by atoms with Crippen molar-refractivity contribution in [2.75, 3.05) is 0 Å². The van der Waals surface area contributed by atoms with Crippen molar-refractivity contribution in [3.05, 3.63) is 59.7 Å². The monoisotopic (exact) mass is 518 g/mol. The van der Waals surface area contributed by atoms with E-state index >= 15 is 0 Å². The predicted octanol–water partition coefficient (Wildman–Crippen LogP) is 5.59. The van der Waals surface area contributed by atoms with Gasteiger partial charge in [-0.25, -0.2) is 16.8 Å². The summed E-state index contributed by atoms with van der Waals surface area (Å²) in [4.78, 5) is 13.5. The highest BCUT2D eigenvalue weighted by Crippen LogP contribution is 2.45. The first-order chi connectivity index (χ1) is 14.8. The van der Waals surface area contributed by atoms with Crippen LogP contribution < -0.4 is 0 Å². The first kappa shape index (κ1) is 26.8. The van der Waals surface area contributed by atoms with Crippen LogP contribution >= 0.6 is 23.2 Å². The van der Waals surface area contributed by atoms with Gasteiger partial charge in [0.15, 0.2) is 0 Å². The van der Waals surface area contributed by atoms with E-state index in [9.17, 15) is 21.6 Å². The Labute approximate surface area is 201 Å². The summed E-state index contributed by atoms with van der Waals surface area (Å²) in [5.41, 5.74) is 1.65. The van der Waals surface area contributed by atoms with Gasteiger partial charge >= 0.3 is 0 Å². The van der Waals surface area contributed by atoms with E-state index in [2.05, 4.69) is 0 Å². The lowest BCUT2D eigenvalue weighted by Crippen LogP contribution is -2.54. The summed E-state index contributed by atoms with van der Waals surface area (Å²) in [5, 5.41) is 0. The number of hydrogen-bond acceptors (Lipinski definition) is 5. The molecule has 2 aromatic rings. The van der Waals surface area contributed by atoms with Gasteiger partial charge in [0.25, 0.3) is 0 Å². The minimum absolute atomic E-state index is 0.164. The molecule has 0 bridgehead atoms. The molecule has 0 fully saturated rings. The zero-order valence-electron chi connectivity index (χ0n) is 18.6. The maximum Gasteiger partial charge on any atom is 0.210 e. The Bertz CT molecular complexity index is 1080. The lowest BCUT2D eigenvalue weighted by atomic mass is 10.1. The number of benzene rings is 2. The second-order valence-corrected chi connectivity index (χ2v) is 14.0. The van der Waals surface area contributed by atoms with Gasteiger partial charge < -0.3 is 0 Å². The quantitative estimate of drug-likeness (QED) is 0.382. The molecule has 0 aliphatic rings. The van der Waals surface area contributed by atoms with Crippen molar-refractivity contribution in [1.29, 1.82) is 0 Å². The zero-order chi connectivity index (χ0) is 24.4. The van der Waals surface area contributed by atoms with Crippen molar-refractivity contribution in [2.45, 2.75) is 71.6 Å². The van der Waals surface area contributed by atoms with Crippen molar-refractivity contribution in [2.24, 2.45) is 0 Å². The minimum Gasteiger partial charge on any atom is -0.293 e. The molecule has 0 radical (unpaired) electrons. The summed E-state index contributed by atoms with van der Waals surface area (Å²) in [6.07, 6.45) is -0.121. The molecular weight excluding hydrogens is 491 g/mol. The smallest absolute Gasteiger partial charge is 0.210 e. The standard InChI is InChI=1S/C23H28Cl2O5S2/c1-5-15-22(24,31(27,28)19-11-7-17(3)8-12-19)21(26)23(25,16-6-2)32(29,30)20-13-9-18(4)10-14-20/h7-14H,5-6,15-16H2,1-4H3. The molecule has 0 N–H and O–H groups in total. The van der Waals surface area contributed by atoms with Gasteiger partial charge in [-0.1, -0.05) is 85.3 Å². The summed E-state index contributed by atoms with van der Waals surface area (Å²) in [6.45, 7) is 6.92. The highest BCUT2D eigenvalue weighted by Gasteiger charge is 2.61. The van der Waals surface area contributed by atoms with Crippen LogP contribution in [0.3, 0.4) is 0 Å². The fraction of sp³-hybridized carbons (Fsp3) is 0.435. The van der Waals surface area contributed by atoms with Crippen LogP contribution in [0.5, 0.6) is 0 Å². The fourth-order valence-corrected chi connectivity index (χ4v) is 8.45. The average Bonchev–Trinajstić information content (AvgIpc) is 2.73. The maximum absolute atomic E-state index is 13.8. The molecule has 0 heterocycles. The van der Waals surface area contributed by atoms with Crippen LogP contribution in [0.25, 0.3) is 0 Å². The molecule has 2 unspecified atom stereocenters. The summed E-state index contributed by atoms with van der Waals surface area (Å²) < 4.78 is 49.1. The van der Waals surface area contributed by atoms with Gasteiger partial charge in [-0.2, -0.15) is 0 Å². The van der Waals surface area contributed by atoms with E-state index < -0.39 is 33.9 Å². The summed E-state index contributed by atoms with van der Waals surface area (Å²) >= 11 is 13.2. The van der Waals surface area contributed by atoms with E-state index in [4.69, 9.17) is 23.2 Å². The van der Waals surface area contributed by atoms with E-state index in [0.717, 1.165) is 11.1 Å². The first-order valence-corrected chi connectivity index (χ1v) is 14.1. The lowest BCUT2D eigenvalue weighted by molar-refractivity contribution is -0.120. The maximum atomic E-state index is 13.8. The topological polar surface area (TPSA) is 85.3 Å². The number of hydrogen-bond donors (Lipinski definition) is 0. The van der Waals surface area contributed by atoms with E-state index in [1.807, 2.05) is 0 Å². The molecule has 32 heavy (non-hydrogen) atoms. The van der Waals surface area contributed by atoms with E-state index in [1.54, 1.807) is 52.0 Å². The van der Waals surface area contributed by atoms with Crippen molar-refractivity contribution in [1.82, 2.24) is 0 Å². The molecule has 0 saturated heterocycles. The minimum atomic E-state index is -4.46. The van der Waals surface area contributed by atoms with Crippen LogP contribution in [0, 0.1) is 13.8 Å². The molecule has 0 aromatic heterocycles. The Morgan fingerprint density at radius 2 is 0.969 bits per heavy atom. The van der Waals surface area contributed by atoms with Gasteiger partial charge in [-0.3, -0.25) is 4.79 Å². The Kier molecular flexibility index (Phi) is 8.25. The number of aryl methyl sites for hydroxylation is 2. The molecule has 9 heteroatoms. The number of alkyl halides is 2. The van der Waals surface area contributed by atoms with Crippen LogP contribution in [0.2, 0.25) is 0 Å². The van der Waals surface area contributed by atoms with Gasteiger partial charge in [0.05, 0.1) is 9.79 Å². The number of sulfone groups is 2. The molecule has 0 aliphatic carbocycles. The Morgan fingerprint density at radius 1 is 0.688 bits per heavy atom. The van der Waals surface area contributed by atoms with Gasteiger partial charge in [-0.15, -0.1) is 0 Å². The van der Waals surface area contributed by atoms with Crippen LogP contribution in [0.15, 0.2) is 58.3 Å². The lowest BCUT2D eigenvalue weighted by Gasteiger charge is -2.34. The first-order valence-electron chi connectivity index (χ1n) is 10.3. The second-order valence-electron chi connectivity index (χ2n) is 7.92. The van der Waals surface area contributed by atoms with Crippen molar-refractivity contribution >= 4 is 48.7 Å². The zero-order valence-corrected chi connectivity index (χ0v) is 21.7. The number of halogens is 2. The molecule has 0 aliphatic heterocycles. The van der Waals surface area contributed by atoms with Crippen LogP contribution in [0.1, 0.15) is 50.7 Å². The number of carbonyl (C=O) groups is 1. The molecular formula is C23H28Cl2O5S2. The molecule has 0 spiro atoms. The van der Waals surface area contributed by atoms with E-state index in [0.29, 0.717) is 0 Å². The SMILES string of the molecule is CCCC(Cl)(C(=O)C(Cl)(CCC)S(=O)(=O)c1ccc(C)cc1)S(=O)(=O)c1ccc(C)cc1. The number of ketones is 1. The van der Waals surface area contributed by atoms with Gasteiger partial charge in [-0.05, 0) is 51.0 Å². The van der Waals surface area contributed by atoms with Crippen LogP contribution in [-0.4, -0.2) is 31.0 Å². The van der Waals surface area contributed by atoms with Crippen LogP contribution in [0.4, 0.5) is 0 Å². The molecule has 2 aromatic carbocycles. The molecule has 0 amide bonds.